The predicted molar refractivity (Wildman–Crippen MR) is 79.6 cm³/mol. The first-order valence-electron chi connectivity index (χ1n) is 5.81. The minimum atomic E-state index is 0.0749. The first-order chi connectivity index (χ1) is 8.06. The van der Waals surface area contributed by atoms with Crippen LogP contribution in [0.5, 0.6) is 0 Å². The molecule has 0 spiro atoms. The van der Waals surface area contributed by atoms with Gasteiger partial charge in [0.15, 0.2) is 0 Å². The number of rotatable bonds is 2. The minimum Gasteiger partial charge on any atom is -0.349 e. The summed E-state index contributed by atoms with van der Waals surface area (Å²) in [6, 6.07) is 2.82. The van der Waals surface area contributed by atoms with E-state index in [1.54, 1.807) is 11.3 Å². The molecule has 17 heavy (non-hydrogen) atoms. The maximum absolute atomic E-state index is 12.0. The lowest BCUT2D eigenvalue weighted by Crippen LogP contribution is -2.47. The van der Waals surface area contributed by atoms with Gasteiger partial charge in [0.05, 0.1) is 8.45 Å². The topological polar surface area (TPSA) is 32.3 Å². The number of hydrogen-bond donors (Lipinski definition) is 1. The summed E-state index contributed by atoms with van der Waals surface area (Å²) in [5, 5.41) is 5.06. The second-order valence-corrected chi connectivity index (χ2v) is 7.47. The average molecular weight is 364 g/mol. The van der Waals surface area contributed by atoms with E-state index >= 15 is 0 Å². The third-order valence-corrected chi connectivity index (χ3v) is 5.16. The smallest absolute Gasteiger partial charge is 0.252 e. The van der Waals surface area contributed by atoms with Crippen LogP contribution >= 0.6 is 33.9 Å². The Hall–Kier alpha value is -0.140. The van der Waals surface area contributed by atoms with Crippen molar-refractivity contribution in [2.75, 3.05) is 13.6 Å². The van der Waals surface area contributed by atoms with Crippen LogP contribution in [-0.2, 0) is 0 Å². The van der Waals surface area contributed by atoms with Crippen LogP contribution in [0.2, 0.25) is 0 Å². The van der Waals surface area contributed by atoms with Gasteiger partial charge in [0, 0.05) is 24.0 Å². The maximum Gasteiger partial charge on any atom is 0.252 e. The molecule has 0 radical (unpaired) electrons. The molecule has 0 aliphatic carbocycles. The van der Waals surface area contributed by atoms with E-state index in [2.05, 4.69) is 46.8 Å². The van der Waals surface area contributed by atoms with Crippen molar-refractivity contribution in [1.29, 1.82) is 0 Å². The second-order valence-electron chi connectivity index (χ2n) is 4.66. The average Bonchev–Trinajstić information content (AvgIpc) is 2.70. The zero-order chi connectivity index (χ0) is 12.4. The molecular formula is C12H17IN2OS. The van der Waals surface area contributed by atoms with Gasteiger partial charge in [0.1, 0.15) is 0 Å². The van der Waals surface area contributed by atoms with Crippen molar-refractivity contribution >= 4 is 39.8 Å². The van der Waals surface area contributed by atoms with E-state index in [9.17, 15) is 4.79 Å². The lowest BCUT2D eigenvalue weighted by Gasteiger charge is -2.35. The zero-order valence-electron chi connectivity index (χ0n) is 10.1. The predicted octanol–water partition coefficient (Wildman–Crippen LogP) is 2.57. The molecule has 2 heterocycles. The van der Waals surface area contributed by atoms with Gasteiger partial charge in [-0.05, 0) is 55.5 Å². The van der Waals surface area contributed by atoms with Gasteiger partial charge in [-0.2, -0.15) is 0 Å². The highest BCUT2D eigenvalue weighted by Crippen LogP contribution is 2.19. The highest BCUT2D eigenvalue weighted by atomic mass is 127. The van der Waals surface area contributed by atoms with Crippen molar-refractivity contribution in [2.45, 2.75) is 31.8 Å². The van der Waals surface area contributed by atoms with Crippen LogP contribution < -0.4 is 5.32 Å². The zero-order valence-corrected chi connectivity index (χ0v) is 13.0. The highest BCUT2D eigenvalue weighted by molar-refractivity contribution is 14.1. The molecule has 2 unspecified atom stereocenters. The summed E-state index contributed by atoms with van der Waals surface area (Å²) in [6.07, 6.45) is 2.09. The summed E-state index contributed by atoms with van der Waals surface area (Å²) in [4.78, 5) is 14.3. The monoisotopic (exact) mass is 364 g/mol. The molecule has 1 amide bonds. The Bertz CT molecular complexity index is 407. The molecule has 0 saturated carbocycles. The molecule has 0 aromatic carbocycles. The number of piperidine rings is 1. The van der Waals surface area contributed by atoms with Crippen LogP contribution in [0, 0.1) is 2.88 Å². The van der Waals surface area contributed by atoms with Gasteiger partial charge in [-0.1, -0.05) is 0 Å². The summed E-state index contributed by atoms with van der Waals surface area (Å²) in [7, 11) is 2.14. The Morgan fingerprint density at radius 1 is 1.65 bits per heavy atom. The molecule has 3 nitrogen and oxygen atoms in total. The second kappa shape index (κ2) is 5.67. The standard InChI is InChI=1S/C12H17IN2OS/c1-8-5-10(3-4-15(8)2)14-12(16)9-6-11(13)17-7-9/h6-8,10H,3-5H2,1-2H3,(H,14,16). The van der Waals surface area contributed by atoms with E-state index in [4.69, 9.17) is 0 Å². The van der Waals surface area contributed by atoms with Crippen molar-refractivity contribution in [3.63, 3.8) is 0 Å². The molecule has 1 aliphatic heterocycles. The van der Waals surface area contributed by atoms with Crippen LogP contribution in [0.25, 0.3) is 0 Å². The summed E-state index contributed by atoms with van der Waals surface area (Å²) < 4.78 is 1.16. The fourth-order valence-corrected chi connectivity index (χ4v) is 3.44. The van der Waals surface area contributed by atoms with Gasteiger partial charge in [-0.15, -0.1) is 11.3 Å². The number of carbonyl (C=O) groups is 1. The van der Waals surface area contributed by atoms with E-state index in [-0.39, 0.29) is 5.91 Å². The van der Waals surface area contributed by atoms with Gasteiger partial charge in [-0.3, -0.25) is 4.79 Å². The number of carbonyl (C=O) groups excluding carboxylic acids is 1. The Labute approximate surface area is 120 Å². The van der Waals surface area contributed by atoms with Crippen molar-refractivity contribution in [3.05, 3.63) is 19.9 Å². The van der Waals surface area contributed by atoms with E-state index in [1.165, 1.54) is 0 Å². The summed E-state index contributed by atoms with van der Waals surface area (Å²) in [6.45, 7) is 3.28. The molecular weight excluding hydrogens is 347 g/mol. The van der Waals surface area contributed by atoms with Gasteiger partial charge in [0.25, 0.3) is 5.91 Å². The Morgan fingerprint density at radius 3 is 3.00 bits per heavy atom. The number of nitrogens with zero attached hydrogens (tertiary/aromatic N) is 1. The quantitative estimate of drug-likeness (QED) is 0.819. The molecule has 94 valence electrons. The minimum absolute atomic E-state index is 0.0749. The first kappa shape index (κ1) is 13.3. The molecule has 1 fully saturated rings. The van der Waals surface area contributed by atoms with Gasteiger partial charge in [0.2, 0.25) is 0 Å². The number of thiophene rings is 1. The SMILES string of the molecule is CC1CC(NC(=O)c2csc(I)c2)CCN1C. The van der Waals surface area contributed by atoms with Crippen molar-refractivity contribution in [2.24, 2.45) is 0 Å². The first-order valence-corrected chi connectivity index (χ1v) is 7.77. The van der Waals surface area contributed by atoms with E-state index in [0.717, 1.165) is 27.8 Å². The fourth-order valence-electron chi connectivity index (χ4n) is 2.12. The van der Waals surface area contributed by atoms with Gasteiger partial charge in [-0.25, -0.2) is 0 Å². The fraction of sp³-hybridized carbons (Fsp3) is 0.583. The van der Waals surface area contributed by atoms with Gasteiger partial charge >= 0.3 is 0 Å². The van der Waals surface area contributed by atoms with Crippen molar-refractivity contribution < 1.29 is 4.79 Å². The summed E-state index contributed by atoms with van der Waals surface area (Å²) >= 11 is 3.86. The van der Waals surface area contributed by atoms with E-state index in [0.29, 0.717) is 12.1 Å². The normalized spacial score (nSPS) is 25.8. The number of nitrogens with one attached hydrogen (secondary N) is 1. The van der Waals surface area contributed by atoms with Crippen molar-refractivity contribution in [3.8, 4) is 0 Å². The molecule has 1 aromatic rings. The number of amides is 1. The van der Waals surface area contributed by atoms with Crippen LogP contribution in [0.15, 0.2) is 11.4 Å². The molecule has 2 atom stereocenters. The molecule has 1 N–H and O–H groups in total. The van der Waals surface area contributed by atoms with E-state index < -0.39 is 0 Å². The summed E-state index contributed by atoms with van der Waals surface area (Å²) in [5.74, 6) is 0.0749. The highest BCUT2D eigenvalue weighted by Gasteiger charge is 2.24. The number of halogens is 1. The molecule has 1 aromatic heterocycles. The molecule has 2 rings (SSSR count). The van der Waals surface area contributed by atoms with Crippen molar-refractivity contribution in [1.82, 2.24) is 10.2 Å². The lowest BCUT2D eigenvalue weighted by atomic mass is 9.99. The third kappa shape index (κ3) is 3.42. The molecule has 1 saturated heterocycles. The van der Waals surface area contributed by atoms with Gasteiger partial charge < -0.3 is 10.2 Å². The lowest BCUT2D eigenvalue weighted by molar-refractivity contribution is 0.0897. The van der Waals surface area contributed by atoms with Crippen LogP contribution in [0.1, 0.15) is 30.1 Å². The van der Waals surface area contributed by atoms with Crippen LogP contribution in [0.3, 0.4) is 0 Å². The Balaban J connectivity index is 1.91. The Morgan fingerprint density at radius 2 is 2.41 bits per heavy atom. The molecule has 0 bridgehead atoms. The van der Waals surface area contributed by atoms with Crippen LogP contribution in [0.4, 0.5) is 0 Å². The van der Waals surface area contributed by atoms with E-state index in [1.807, 2.05) is 11.4 Å². The largest absolute Gasteiger partial charge is 0.349 e. The molecule has 5 heteroatoms. The third-order valence-electron chi connectivity index (χ3n) is 3.37. The van der Waals surface area contributed by atoms with Crippen LogP contribution in [-0.4, -0.2) is 36.5 Å². The number of likely N-dealkylation sites (tertiary alicyclic amines) is 1. The molecule has 1 aliphatic rings. The Kier molecular flexibility index (Phi) is 4.43. The maximum atomic E-state index is 12.0. The number of hydrogen-bond acceptors (Lipinski definition) is 3. The summed E-state index contributed by atoms with van der Waals surface area (Å²) in [5.41, 5.74) is 0.797.